The first-order valence-corrected chi connectivity index (χ1v) is 7.24. The highest BCUT2D eigenvalue weighted by Gasteiger charge is 2.17. The summed E-state index contributed by atoms with van der Waals surface area (Å²) in [4.78, 5) is 16.1. The third-order valence-corrected chi connectivity index (χ3v) is 2.69. The van der Waals surface area contributed by atoms with Gasteiger partial charge in [0.15, 0.2) is 0 Å². The van der Waals surface area contributed by atoms with Crippen LogP contribution in [0.15, 0.2) is 0 Å². The van der Waals surface area contributed by atoms with Crippen molar-refractivity contribution in [2.24, 2.45) is 0 Å². The summed E-state index contributed by atoms with van der Waals surface area (Å²) in [5.74, 6) is 0. The fourth-order valence-electron chi connectivity index (χ4n) is 1.70. The molecule has 0 unspecified atom stereocenters. The molecule has 1 N–H and O–H groups in total. The van der Waals surface area contributed by atoms with Gasteiger partial charge in [0.1, 0.15) is 5.60 Å². The van der Waals surface area contributed by atoms with E-state index in [0.717, 1.165) is 32.7 Å². The standard InChI is InChI=1S/C12H25N3O2.C2H6/c1-12(2,3)17-11(16)13-5-6-15-9-7-14(4)8-10-15;1-2/h5-10H2,1-4H3,(H,13,16);1-2H3. The van der Waals surface area contributed by atoms with Gasteiger partial charge in [0, 0.05) is 39.3 Å². The zero-order valence-corrected chi connectivity index (χ0v) is 13.5. The number of carbonyl (C=O) groups is 1. The number of hydrogen-bond donors (Lipinski definition) is 1. The summed E-state index contributed by atoms with van der Waals surface area (Å²) in [7, 11) is 2.14. The molecule has 1 saturated heterocycles. The van der Waals surface area contributed by atoms with E-state index in [1.54, 1.807) is 0 Å². The number of alkyl carbamates (subject to hydrolysis) is 1. The fourth-order valence-corrected chi connectivity index (χ4v) is 1.70. The minimum absolute atomic E-state index is 0.327. The van der Waals surface area contributed by atoms with Crippen LogP contribution in [0.25, 0.3) is 0 Å². The minimum Gasteiger partial charge on any atom is -0.444 e. The molecule has 1 aliphatic rings. The summed E-state index contributed by atoms with van der Waals surface area (Å²) in [6, 6.07) is 0. The summed E-state index contributed by atoms with van der Waals surface area (Å²) in [5, 5.41) is 2.78. The Kier molecular flexibility index (Phi) is 8.76. The molecule has 5 nitrogen and oxygen atoms in total. The summed E-state index contributed by atoms with van der Waals surface area (Å²) < 4.78 is 5.17. The van der Waals surface area contributed by atoms with E-state index in [2.05, 4.69) is 22.2 Å². The van der Waals surface area contributed by atoms with E-state index in [9.17, 15) is 4.79 Å². The Morgan fingerprint density at radius 3 is 2.16 bits per heavy atom. The van der Waals surface area contributed by atoms with Crippen molar-refractivity contribution in [2.75, 3.05) is 46.3 Å². The molecule has 5 heteroatoms. The van der Waals surface area contributed by atoms with Crippen molar-refractivity contribution in [1.29, 1.82) is 0 Å². The highest BCUT2D eigenvalue weighted by atomic mass is 16.6. The average molecular weight is 273 g/mol. The van der Waals surface area contributed by atoms with Gasteiger partial charge >= 0.3 is 6.09 Å². The van der Waals surface area contributed by atoms with Crippen LogP contribution >= 0.6 is 0 Å². The van der Waals surface area contributed by atoms with Gasteiger partial charge in [0.05, 0.1) is 0 Å². The van der Waals surface area contributed by atoms with Gasteiger partial charge in [0.25, 0.3) is 0 Å². The lowest BCUT2D eigenvalue weighted by Gasteiger charge is -2.32. The number of amides is 1. The maximum Gasteiger partial charge on any atom is 0.407 e. The SMILES string of the molecule is CC.CN1CCN(CCNC(=O)OC(C)(C)C)CC1. The van der Waals surface area contributed by atoms with Crippen molar-refractivity contribution in [1.82, 2.24) is 15.1 Å². The van der Waals surface area contributed by atoms with Gasteiger partial charge in [-0.3, -0.25) is 4.90 Å². The first-order valence-electron chi connectivity index (χ1n) is 7.24. The molecule has 0 aromatic carbocycles. The van der Waals surface area contributed by atoms with E-state index < -0.39 is 5.60 Å². The van der Waals surface area contributed by atoms with E-state index in [-0.39, 0.29) is 6.09 Å². The van der Waals surface area contributed by atoms with Crippen LogP contribution in [0, 0.1) is 0 Å². The molecule has 1 heterocycles. The molecule has 0 aromatic heterocycles. The number of nitrogens with one attached hydrogen (secondary N) is 1. The zero-order chi connectivity index (χ0) is 14.9. The summed E-state index contributed by atoms with van der Waals surface area (Å²) in [6.07, 6.45) is -0.327. The molecular formula is C14H31N3O2. The third kappa shape index (κ3) is 9.73. The maximum atomic E-state index is 11.4. The van der Waals surface area contributed by atoms with Gasteiger partial charge in [-0.05, 0) is 27.8 Å². The molecule has 0 spiro atoms. The summed E-state index contributed by atoms with van der Waals surface area (Å²) in [6.45, 7) is 15.5. The van der Waals surface area contributed by atoms with E-state index in [0.29, 0.717) is 6.54 Å². The average Bonchev–Trinajstić information content (AvgIpc) is 2.32. The molecule has 114 valence electrons. The molecule has 0 saturated carbocycles. The molecule has 19 heavy (non-hydrogen) atoms. The van der Waals surface area contributed by atoms with E-state index in [1.165, 1.54) is 0 Å². The normalized spacial score (nSPS) is 17.4. The van der Waals surface area contributed by atoms with Crippen molar-refractivity contribution in [3.63, 3.8) is 0 Å². The number of hydrogen-bond acceptors (Lipinski definition) is 4. The molecule has 1 fully saturated rings. The molecule has 0 bridgehead atoms. The Morgan fingerprint density at radius 2 is 1.68 bits per heavy atom. The largest absolute Gasteiger partial charge is 0.444 e. The molecule has 0 aromatic rings. The van der Waals surface area contributed by atoms with Crippen LogP contribution in [-0.4, -0.2) is 67.8 Å². The lowest BCUT2D eigenvalue weighted by Crippen LogP contribution is -2.47. The molecule has 0 aliphatic carbocycles. The molecular weight excluding hydrogens is 242 g/mol. The Hall–Kier alpha value is -0.810. The second kappa shape index (κ2) is 9.15. The predicted molar refractivity (Wildman–Crippen MR) is 79.5 cm³/mol. The van der Waals surface area contributed by atoms with Crippen LogP contribution in [-0.2, 0) is 4.74 Å². The lowest BCUT2D eigenvalue weighted by molar-refractivity contribution is 0.0517. The first kappa shape index (κ1) is 18.2. The van der Waals surface area contributed by atoms with Crippen molar-refractivity contribution in [3.05, 3.63) is 0 Å². The van der Waals surface area contributed by atoms with E-state index in [4.69, 9.17) is 4.74 Å². The quantitative estimate of drug-likeness (QED) is 0.851. The molecule has 1 amide bonds. The smallest absolute Gasteiger partial charge is 0.407 e. The van der Waals surface area contributed by atoms with Crippen molar-refractivity contribution in [2.45, 2.75) is 40.2 Å². The highest BCUT2D eigenvalue weighted by molar-refractivity contribution is 5.67. The first-order chi connectivity index (χ1) is 8.87. The van der Waals surface area contributed by atoms with Gasteiger partial charge < -0.3 is 15.0 Å². The van der Waals surface area contributed by atoms with E-state index in [1.807, 2.05) is 34.6 Å². The second-order valence-corrected chi connectivity index (χ2v) is 5.57. The van der Waals surface area contributed by atoms with Crippen LogP contribution in [0.5, 0.6) is 0 Å². The van der Waals surface area contributed by atoms with Crippen molar-refractivity contribution < 1.29 is 9.53 Å². The zero-order valence-electron chi connectivity index (χ0n) is 13.5. The fraction of sp³-hybridized carbons (Fsp3) is 0.929. The summed E-state index contributed by atoms with van der Waals surface area (Å²) >= 11 is 0. The number of ether oxygens (including phenoxy) is 1. The minimum atomic E-state index is -0.419. The van der Waals surface area contributed by atoms with Crippen LogP contribution in [0.3, 0.4) is 0 Å². The van der Waals surface area contributed by atoms with Crippen molar-refractivity contribution >= 4 is 6.09 Å². The van der Waals surface area contributed by atoms with Gasteiger partial charge in [-0.1, -0.05) is 13.8 Å². The Balaban J connectivity index is 0.00000154. The predicted octanol–water partition coefficient (Wildman–Crippen LogP) is 1.78. The number of nitrogens with zero attached hydrogens (tertiary/aromatic N) is 2. The van der Waals surface area contributed by atoms with Gasteiger partial charge in [0.2, 0.25) is 0 Å². The highest BCUT2D eigenvalue weighted by Crippen LogP contribution is 2.06. The number of likely N-dealkylation sites (N-methyl/N-ethyl adjacent to an activating group) is 1. The van der Waals surface area contributed by atoms with Gasteiger partial charge in [-0.15, -0.1) is 0 Å². The number of piperazine rings is 1. The molecule has 1 rings (SSSR count). The summed E-state index contributed by atoms with van der Waals surface area (Å²) in [5.41, 5.74) is -0.419. The van der Waals surface area contributed by atoms with Crippen molar-refractivity contribution in [3.8, 4) is 0 Å². The van der Waals surface area contributed by atoms with E-state index >= 15 is 0 Å². The van der Waals surface area contributed by atoms with Crippen LogP contribution in [0.4, 0.5) is 4.79 Å². The molecule has 0 atom stereocenters. The number of rotatable bonds is 3. The lowest BCUT2D eigenvalue weighted by atomic mass is 10.2. The molecule has 0 radical (unpaired) electrons. The number of carbonyl (C=O) groups excluding carboxylic acids is 1. The third-order valence-electron chi connectivity index (χ3n) is 2.69. The van der Waals surface area contributed by atoms with Crippen LogP contribution < -0.4 is 5.32 Å². The Morgan fingerprint density at radius 1 is 1.16 bits per heavy atom. The van der Waals surface area contributed by atoms with Gasteiger partial charge in [-0.2, -0.15) is 0 Å². The second-order valence-electron chi connectivity index (χ2n) is 5.57. The van der Waals surface area contributed by atoms with Gasteiger partial charge in [-0.25, -0.2) is 4.79 Å². The maximum absolute atomic E-state index is 11.4. The Labute approximate surface area is 118 Å². The van der Waals surface area contributed by atoms with Crippen LogP contribution in [0.1, 0.15) is 34.6 Å². The topological polar surface area (TPSA) is 44.8 Å². The van der Waals surface area contributed by atoms with Crippen LogP contribution in [0.2, 0.25) is 0 Å². The monoisotopic (exact) mass is 273 g/mol. The molecule has 1 aliphatic heterocycles. The Bertz CT molecular complexity index is 244.